The minimum absolute atomic E-state index is 0.0527. The molecule has 154 valence electrons. The van der Waals surface area contributed by atoms with Gasteiger partial charge in [0.05, 0.1) is 33.8 Å². The number of nitrogens with one attached hydrogen (secondary N) is 1. The van der Waals surface area contributed by atoms with Gasteiger partial charge in [-0.05, 0) is 51.3 Å². The van der Waals surface area contributed by atoms with Gasteiger partial charge in [-0.1, -0.05) is 23.9 Å². The van der Waals surface area contributed by atoms with E-state index in [4.69, 9.17) is 4.42 Å². The zero-order chi connectivity index (χ0) is 20.8. The van der Waals surface area contributed by atoms with E-state index in [0.29, 0.717) is 45.5 Å². The van der Waals surface area contributed by atoms with Gasteiger partial charge in [0, 0.05) is 5.56 Å². The molecule has 0 aliphatic carbocycles. The summed E-state index contributed by atoms with van der Waals surface area (Å²) in [5, 5.41) is 13.8. The first-order valence-corrected chi connectivity index (χ1v) is 11.3. The maximum atomic E-state index is 13.4. The van der Waals surface area contributed by atoms with E-state index < -0.39 is 0 Å². The smallest absolute Gasteiger partial charge is 0.203 e. The molecule has 0 spiro atoms. The van der Waals surface area contributed by atoms with Crippen LogP contribution >= 0.6 is 11.3 Å². The predicted molar refractivity (Wildman–Crippen MR) is 118 cm³/mol. The van der Waals surface area contributed by atoms with Crippen LogP contribution in [0.25, 0.3) is 31.8 Å². The van der Waals surface area contributed by atoms with Gasteiger partial charge < -0.3 is 14.4 Å². The second kappa shape index (κ2) is 7.52. The van der Waals surface area contributed by atoms with E-state index in [1.807, 2.05) is 24.3 Å². The number of benzene rings is 2. The van der Waals surface area contributed by atoms with Gasteiger partial charge in [-0.2, -0.15) is 0 Å². The van der Waals surface area contributed by atoms with Crippen LogP contribution in [-0.2, 0) is 6.54 Å². The molecule has 1 aliphatic rings. The summed E-state index contributed by atoms with van der Waals surface area (Å²) in [6, 6.07) is 11.5. The third kappa shape index (κ3) is 3.20. The topological polar surface area (TPSA) is 70.6 Å². The minimum atomic E-state index is -0.115. The number of aryl methyl sites for hydroxylation is 1. The van der Waals surface area contributed by atoms with Crippen molar-refractivity contribution < 1.29 is 14.4 Å². The molecule has 0 radical (unpaired) electrons. The van der Waals surface area contributed by atoms with Crippen molar-refractivity contribution in [3.63, 3.8) is 0 Å². The summed E-state index contributed by atoms with van der Waals surface area (Å²) in [5.74, 6) is 0.461. The quantitative estimate of drug-likeness (QED) is 0.551. The Bertz CT molecular complexity index is 1270. The van der Waals surface area contributed by atoms with Gasteiger partial charge in [0.1, 0.15) is 22.9 Å². The zero-order valence-electron chi connectivity index (χ0n) is 17.2. The predicted octanol–water partition coefficient (Wildman–Crippen LogP) is 3.41. The van der Waals surface area contributed by atoms with Crippen molar-refractivity contribution in [2.24, 2.45) is 0 Å². The SMILES string of the molecule is Cc1oc2c(C[NH+]3CCCCC3C)c([O-])ccc2c(=O)c1-c1nc2ccccc2s1. The Kier molecular flexibility index (Phi) is 4.83. The summed E-state index contributed by atoms with van der Waals surface area (Å²) >= 11 is 1.49. The van der Waals surface area contributed by atoms with Gasteiger partial charge in [0.25, 0.3) is 0 Å². The zero-order valence-corrected chi connectivity index (χ0v) is 18.0. The molecule has 2 aromatic carbocycles. The first-order chi connectivity index (χ1) is 14.5. The number of quaternary nitrogens is 1. The number of rotatable bonds is 3. The largest absolute Gasteiger partial charge is 0.872 e. The number of likely N-dealkylation sites (tertiary alicyclic amines) is 1. The molecule has 1 saturated heterocycles. The highest BCUT2D eigenvalue weighted by molar-refractivity contribution is 7.21. The molecule has 4 aromatic rings. The van der Waals surface area contributed by atoms with E-state index in [9.17, 15) is 9.90 Å². The summed E-state index contributed by atoms with van der Waals surface area (Å²) in [7, 11) is 0. The molecule has 5 nitrogen and oxygen atoms in total. The molecule has 30 heavy (non-hydrogen) atoms. The molecule has 0 bridgehead atoms. The molecule has 1 fully saturated rings. The van der Waals surface area contributed by atoms with Gasteiger partial charge in [0.2, 0.25) is 5.43 Å². The maximum absolute atomic E-state index is 13.4. The Balaban J connectivity index is 1.66. The highest BCUT2D eigenvalue weighted by Gasteiger charge is 2.25. The van der Waals surface area contributed by atoms with Crippen LogP contribution in [0, 0.1) is 6.92 Å². The van der Waals surface area contributed by atoms with Crippen molar-refractivity contribution in [2.75, 3.05) is 6.54 Å². The molecule has 5 rings (SSSR count). The van der Waals surface area contributed by atoms with Gasteiger partial charge in [0.15, 0.2) is 0 Å². The average Bonchev–Trinajstić information content (AvgIpc) is 3.15. The highest BCUT2D eigenvalue weighted by atomic mass is 32.1. The Morgan fingerprint density at radius 2 is 2.07 bits per heavy atom. The van der Waals surface area contributed by atoms with Crippen LogP contribution in [0.4, 0.5) is 0 Å². The van der Waals surface area contributed by atoms with E-state index in [1.54, 1.807) is 13.0 Å². The fourth-order valence-electron chi connectivity index (χ4n) is 4.54. The van der Waals surface area contributed by atoms with Crippen LogP contribution in [0.3, 0.4) is 0 Å². The van der Waals surface area contributed by atoms with Crippen molar-refractivity contribution in [3.8, 4) is 16.3 Å². The van der Waals surface area contributed by atoms with Crippen LogP contribution in [0.15, 0.2) is 45.6 Å². The minimum Gasteiger partial charge on any atom is -0.872 e. The van der Waals surface area contributed by atoms with Crippen LogP contribution < -0.4 is 15.4 Å². The van der Waals surface area contributed by atoms with Crippen LogP contribution in [-0.4, -0.2) is 17.6 Å². The fraction of sp³-hybridized carbons (Fsp3) is 0.333. The number of thiazole rings is 1. The lowest BCUT2D eigenvalue weighted by Crippen LogP contribution is -3.14. The third-order valence-corrected chi connectivity index (χ3v) is 7.34. The molecule has 1 aliphatic heterocycles. The summed E-state index contributed by atoms with van der Waals surface area (Å²) in [5.41, 5.74) is 2.31. The van der Waals surface area contributed by atoms with Crippen molar-refractivity contribution in [1.82, 2.24) is 4.98 Å². The number of para-hydroxylation sites is 1. The lowest BCUT2D eigenvalue weighted by atomic mass is 10.0. The van der Waals surface area contributed by atoms with Gasteiger partial charge in [-0.3, -0.25) is 4.79 Å². The molecule has 1 N–H and O–H groups in total. The van der Waals surface area contributed by atoms with Gasteiger partial charge >= 0.3 is 0 Å². The van der Waals surface area contributed by atoms with Crippen LogP contribution in [0.2, 0.25) is 0 Å². The standard InChI is InChI=1S/C24H24N2O3S/c1-14-7-5-6-12-26(14)13-17-19(27)11-10-16-22(28)21(15(2)29-23(16)17)24-25-18-8-3-4-9-20(18)30-24/h3-4,8-11,14,27H,5-7,12-13H2,1-2H3. The van der Waals surface area contributed by atoms with Crippen molar-refractivity contribution in [3.05, 3.63) is 57.9 Å². The lowest BCUT2D eigenvalue weighted by molar-refractivity contribution is -0.941. The molecule has 2 atom stereocenters. The Morgan fingerprint density at radius 3 is 2.87 bits per heavy atom. The van der Waals surface area contributed by atoms with E-state index in [0.717, 1.165) is 16.8 Å². The highest BCUT2D eigenvalue weighted by Crippen LogP contribution is 2.33. The second-order valence-corrected chi connectivity index (χ2v) is 9.28. The van der Waals surface area contributed by atoms with Crippen molar-refractivity contribution in [2.45, 2.75) is 45.7 Å². The maximum Gasteiger partial charge on any atom is 0.203 e. The van der Waals surface area contributed by atoms with E-state index in [2.05, 4.69) is 11.9 Å². The fourth-order valence-corrected chi connectivity index (χ4v) is 5.60. The van der Waals surface area contributed by atoms with Gasteiger partial charge in [-0.15, -0.1) is 11.3 Å². The van der Waals surface area contributed by atoms with E-state index >= 15 is 0 Å². The number of aromatic nitrogens is 1. The number of hydrogen-bond acceptors (Lipinski definition) is 5. The molecular formula is C24H24N2O3S. The average molecular weight is 421 g/mol. The molecule has 3 heterocycles. The Morgan fingerprint density at radius 1 is 1.23 bits per heavy atom. The number of hydrogen-bond donors (Lipinski definition) is 1. The summed E-state index contributed by atoms with van der Waals surface area (Å²) in [4.78, 5) is 19.5. The van der Waals surface area contributed by atoms with Crippen molar-refractivity contribution in [1.29, 1.82) is 0 Å². The number of nitrogens with zero attached hydrogens (tertiary/aromatic N) is 1. The number of piperidine rings is 1. The van der Waals surface area contributed by atoms with E-state index in [-0.39, 0.29) is 11.2 Å². The van der Waals surface area contributed by atoms with Gasteiger partial charge in [-0.25, -0.2) is 4.98 Å². The molecule has 0 amide bonds. The second-order valence-electron chi connectivity index (χ2n) is 8.25. The third-order valence-electron chi connectivity index (χ3n) is 6.29. The molecule has 0 saturated carbocycles. The van der Waals surface area contributed by atoms with Crippen molar-refractivity contribution >= 4 is 32.5 Å². The molecule has 6 heteroatoms. The first kappa shape index (κ1) is 19.3. The Labute approximate surface area is 178 Å². The summed E-state index contributed by atoms with van der Waals surface area (Å²) < 4.78 is 7.20. The summed E-state index contributed by atoms with van der Waals surface area (Å²) in [6.07, 6.45) is 3.58. The molecular weight excluding hydrogens is 396 g/mol. The molecule has 2 unspecified atom stereocenters. The number of fused-ring (bicyclic) bond motifs is 2. The van der Waals surface area contributed by atoms with Crippen LogP contribution in [0.5, 0.6) is 5.75 Å². The monoisotopic (exact) mass is 420 g/mol. The molecule has 2 aromatic heterocycles. The van der Waals surface area contributed by atoms with E-state index in [1.165, 1.54) is 41.6 Å². The first-order valence-electron chi connectivity index (χ1n) is 10.5. The lowest BCUT2D eigenvalue weighted by Gasteiger charge is -2.31. The Hall–Kier alpha value is -2.70. The summed E-state index contributed by atoms with van der Waals surface area (Å²) in [6.45, 7) is 5.67. The van der Waals surface area contributed by atoms with Crippen LogP contribution in [0.1, 0.15) is 37.5 Å². The normalized spacial score (nSPS) is 19.5.